The third-order valence-corrected chi connectivity index (χ3v) is 3.76. The minimum Gasteiger partial charge on any atom is -0.493 e. The molecule has 2 rings (SSSR count). The lowest BCUT2D eigenvalue weighted by Crippen LogP contribution is -2.17. The summed E-state index contributed by atoms with van der Waals surface area (Å²) in [5, 5.41) is 6.28. The summed E-state index contributed by atoms with van der Waals surface area (Å²) in [5.41, 5.74) is 3.09. The second kappa shape index (κ2) is 11.5. The number of hydrogen-bond donors (Lipinski definition) is 2. The number of hydrogen-bond acceptors (Lipinski definition) is 3. The number of para-hydroxylation sites is 2. The largest absolute Gasteiger partial charge is 0.493 e. The Hall–Kier alpha value is -2.04. The smallest absolute Gasteiger partial charge is 0.224 e. The van der Waals surface area contributed by atoms with Crippen LogP contribution in [0.2, 0.25) is 0 Å². The lowest BCUT2D eigenvalue weighted by Gasteiger charge is -2.12. The summed E-state index contributed by atoms with van der Waals surface area (Å²) in [5.74, 6) is 0.904. The van der Waals surface area contributed by atoms with Gasteiger partial charge in [0.1, 0.15) is 5.75 Å². The molecule has 0 fully saturated rings. The molecule has 0 aromatic heterocycles. The molecule has 0 unspecified atom stereocenters. The van der Waals surface area contributed by atoms with Crippen molar-refractivity contribution < 1.29 is 9.53 Å². The summed E-state index contributed by atoms with van der Waals surface area (Å²) in [6.45, 7) is 6.28. The van der Waals surface area contributed by atoms with E-state index in [9.17, 15) is 4.79 Å². The van der Waals surface area contributed by atoms with Gasteiger partial charge in [-0.25, -0.2) is 0 Å². The van der Waals surface area contributed by atoms with Crippen LogP contribution in [0.25, 0.3) is 0 Å². The first kappa shape index (κ1) is 21.0. The number of carbonyl (C=O) groups excluding carboxylic acids is 1. The average Bonchev–Trinajstić information content (AvgIpc) is 2.59. The molecule has 1 amide bonds. The molecular formula is C20H27ClN2O2. The molecule has 5 heteroatoms. The lowest BCUT2D eigenvalue weighted by molar-refractivity contribution is -0.116. The van der Waals surface area contributed by atoms with Gasteiger partial charge in [-0.2, -0.15) is 0 Å². The Bertz CT molecular complexity index is 662. The summed E-state index contributed by atoms with van der Waals surface area (Å²) in [4.78, 5) is 12.1. The Kier molecular flexibility index (Phi) is 9.66. The van der Waals surface area contributed by atoms with Gasteiger partial charge in [-0.15, -0.1) is 12.4 Å². The van der Waals surface area contributed by atoms with E-state index in [2.05, 4.69) is 17.6 Å². The highest BCUT2D eigenvalue weighted by atomic mass is 35.5. The molecule has 2 aromatic rings. The van der Waals surface area contributed by atoms with E-state index in [1.165, 1.54) is 0 Å². The van der Waals surface area contributed by atoms with Gasteiger partial charge in [0.15, 0.2) is 0 Å². The first-order chi connectivity index (χ1) is 11.7. The van der Waals surface area contributed by atoms with E-state index in [1.807, 2.05) is 55.5 Å². The van der Waals surface area contributed by atoms with Gasteiger partial charge in [0.05, 0.1) is 6.61 Å². The fraction of sp³-hybridized carbons (Fsp3) is 0.350. The maximum absolute atomic E-state index is 12.1. The highest BCUT2D eigenvalue weighted by Gasteiger charge is 2.06. The number of anilines is 1. The van der Waals surface area contributed by atoms with Gasteiger partial charge >= 0.3 is 0 Å². The molecule has 0 aliphatic heterocycles. The van der Waals surface area contributed by atoms with Crippen LogP contribution >= 0.6 is 12.4 Å². The monoisotopic (exact) mass is 362 g/mol. The summed E-state index contributed by atoms with van der Waals surface area (Å²) in [7, 11) is 0. The highest BCUT2D eigenvalue weighted by molar-refractivity contribution is 5.91. The van der Waals surface area contributed by atoms with Crippen LogP contribution in [0.15, 0.2) is 48.5 Å². The minimum absolute atomic E-state index is 0. The number of carbonyl (C=O) groups is 1. The Morgan fingerprint density at radius 2 is 1.80 bits per heavy atom. The van der Waals surface area contributed by atoms with Crippen molar-refractivity contribution in [1.82, 2.24) is 5.32 Å². The van der Waals surface area contributed by atoms with Gasteiger partial charge in [-0.3, -0.25) is 4.79 Å². The van der Waals surface area contributed by atoms with Gasteiger partial charge in [0, 0.05) is 18.7 Å². The third kappa shape index (κ3) is 7.16. The van der Waals surface area contributed by atoms with Crippen LogP contribution in [0.1, 0.15) is 30.9 Å². The average molecular weight is 363 g/mol. The zero-order valence-corrected chi connectivity index (χ0v) is 15.7. The number of nitrogens with one attached hydrogen (secondary N) is 2. The number of benzene rings is 2. The second-order valence-corrected chi connectivity index (χ2v) is 5.70. The normalized spacial score (nSPS) is 10.0. The van der Waals surface area contributed by atoms with Gasteiger partial charge < -0.3 is 15.4 Å². The first-order valence-electron chi connectivity index (χ1n) is 8.47. The van der Waals surface area contributed by atoms with Crippen LogP contribution in [0.4, 0.5) is 5.69 Å². The molecule has 0 spiro atoms. The Morgan fingerprint density at radius 3 is 2.56 bits per heavy atom. The Balaban J connectivity index is 0.00000312. The number of amides is 1. The number of rotatable bonds is 9. The van der Waals surface area contributed by atoms with Crippen LogP contribution in [-0.2, 0) is 11.3 Å². The molecule has 0 bridgehead atoms. The summed E-state index contributed by atoms with van der Waals surface area (Å²) in [6.07, 6.45) is 1.14. The van der Waals surface area contributed by atoms with Crippen molar-refractivity contribution in [3.8, 4) is 5.75 Å². The molecule has 0 atom stereocenters. The van der Waals surface area contributed by atoms with Crippen LogP contribution in [0.5, 0.6) is 5.75 Å². The lowest BCUT2D eigenvalue weighted by atomic mass is 10.1. The van der Waals surface area contributed by atoms with E-state index < -0.39 is 0 Å². The maximum Gasteiger partial charge on any atom is 0.224 e. The van der Waals surface area contributed by atoms with Crippen LogP contribution in [0, 0.1) is 6.92 Å². The fourth-order valence-corrected chi connectivity index (χ4v) is 2.40. The SMILES string of the molecule is CCNCc1ccccc1NC(=O)CCCOc1ccccc1C.Cl. The topological polar surface area (TPSA) is 50.4 Å². The quantitative estimate of drug-likeness (QED) is 0.653. The molecule has 0 saturated carbocycles. The zero-order valence-electron chi connectivity index (χ0n) is 14.9. The predicted molar refractivity (Wildman–Crippen MR) is 106 cm³/mol. The molecule has 2 aromatic carbocycles. The molecule has 136 valence electrons. The van der Waals surface area contributed by atoms with Crippen molar-refractivity contribution in [2.24, 2.45) is 0 Å². The summed E-state index contributed by atoms with van der Waals surface area (Å²) >= 11 is 0. The molecule has 0 radical (unpaired) electrons. The van der Waals surface area contributed by atoms with Crippen molar-refractivity contribution in [2.75, 3.05) is 18.5 Å². The van der Waals surface area contributed by atoms with E-state index in [4.69, 9.17) is 4.74 Å². The number of aryl methyl sites for hydroxylation is 1. The standard InChI is InChI=1S/C20H26N2O2.ClH/c1-3-21-15-17-10-5-6-11-18(17)22-20(23)13-8-14-24-19-12-7-4-9-16(19)2;/h4-7,9-12,21H,3,8,13-15H2,1-2H3,(H,22,23);1H. The van der Waals surface area contributed by atoms with Crippen molar-refractivity contribution in [1.29, 1.82) is 0 Å². The maximum atomic E-state index is 12.1. The molecule has 0 heterocycles. The molecule has 0 aliphatic carbocycles. The molecular weight excluding hydrogens is 336 g/mol. The molecule has 2 N–H and O–H groups in total. The molecule has 0 saturated heterocycles. The number of halogens is 1. The second-order valence-electron chi connectivity index (χ2n) is 5.70. The van der Waals surface area contributed by atoms with Gasteiger partial charge in [-0.1, -0.05) is 43.3 Å². The van der Waals surface area contributed by atoms with Crippen LogP contribution < -0.4 is 15.4 Å². The van der Waals surface area contributed by atoms with Gasteiger partial charge in [-0.05, 0) is 43.1 Å². The minimum atomic E-state index is 0. The van der Waals surface area contributed by atoms with Gasteiger partial charge in [0.25, 0.3) is 0 Å². The van der Waals surface area contributed by atoms with Crippen molar-refractivity contribution in [3.05, 3.63) is 59.7 Å². The van der Waals surface area contributed by atoms with Crippen molar-refractivity contribution in [3.63, 3.8) is 0 Å². The van der Waals surface area contributed by atoms with Crippen LogP contribution in [-0.4, -0.2) is 19.1 Å². The molecule has 4 nitrogen and oxygen atoms in total. The molecule has 0 aliphatic rings. The number of ether oxygens (including phenoxy) is 1. The molecule has 25 heavy (non-hydrogen) atoms. The van der Waals surface area contributed by atoms with E-state index in [-0.39, 0.29) is 18.3 Å². The highest BCUT2D eigenvalue weighted by Crippen LogP contribution is 2.17. The van der Waals surface area contributed by atoms with Gasteiger partial charge in [0.2, 0.25) is 5.91 Å². The van der Waals surface area contributed by atoms with Crippen molar-refractivity contribution >= 4 is 24.0 Å². The fourth-order valence-electron chi connectivity index (χ4n) is 2.40. The van der Waals surface area contributed by atoms with Crippen LogP contribution in [0.3, 0.4) is 0 Å². The predicted octanol–water partition coefficient (Wildman–Crippen LogP) is 4.32. The van der Waals surface area contributed by atoms with Crippen molar-refractivity contribution in [2.45, 2.75) is 33.2 Å². The zero-order chi connectivity index (χ0) is 17.2. The van der Waals surface area contributed by atoms with E-state index >= 15 is 0 Å². The van der Waals surface area contributed by atoms with E-state index in [0.717, 1.165) is 35.7 Å². The Morgan fingerprint density at radius 1 is 1.08 bits per heavy atom. The Labute approximate surface area is 156 Å². The van der Waals surface area contributed by atoms with E-state index in [1.54, 1.807) is 0 Å². The summed E-state index contributed by atoms with van der Waals surface area (Å²) in [6, 6.07) is 15.8. The first-order valence-corrected chi connectivity index (χ1v) is 8.47. The van der Waals surface area contributed by atoms with E-state index in [0.29, 0.717) is 19.4 Å². The third-order valence-electron chi connectivity index (χ3n) is 3.76. The summed E-state index contributed by atoms with van der Waals surface area (Å²) < 4.78 is 5.72.